The van der Waals surface area contributed by atoms with Crippen molar-refractivity contribution in [3.8, 4) is 0 Å². The van der Waals surface area contributed by atoms with Crippen molar-refractivity contribution in [2.45, 2.75) is 19.5 Å². The predicted octanol–water partition coefficient (Wildman–Crippen LogP) is 2.80. The Bertz CT molecular complexity index is 929. The van der Waals surface area contributed by atoms with E-state index in [1.54, 1.807) is 36.3 Å². The summed E-state index contributed by atoms with van der Waals surface area (Å²) in [6.45, 7) is 2.27. The molecule has 1 aromatic heterocycles. The van der Waals surface area contributed by atoms with Crippen LogP contribution < -0.4 is 5.32 Å². The van der Waals surface area contributed by atoms with E-state index in [1.165, 1.54) is 5.57 Å². The zero-order chi connectivity index (χ0) is 20.4. The topological polar surface area (TPSA) is 81.7 Å². The van der Waals surface area contributed by atoms with Crippen molar-refractivity contribution in [3.05, 3.63) is 59.7 Å². The van der Waals surface area contributed by atoms with Gasteiger partial charge in [0, 0.05) is 45.3 Å². The molecule has 1 aromatic carbocycles. The van der Waals surface area contributed by atoms with Crippen molar-refractivity contribution in [1.82, 2.24) is 24.7 Å². The Kier molecular flexibility index (Phi) is 5.16. The smallest absolute Gasteiger partial charge is 0.322 e. The Morgan fingerprint density at radius 3 is 2.21 bits per heavy atom. The van der Waals surface area contributed by atoms with Crippen LogP contribution in [-0.4, -0.2) is 63.9 Å². The fourth-order valence-corrected chi connectivity index (χ4v) is 3.58. The molecule has 4 amide bonds. The quantitative estimate of drug-likeness (QED) is 0.852. The Labute approximate surface area is 169 Å². The molecule has 0 spiro atoms. The van der Waals surface area contributed by atoms with Crippen LogP contribution >= 0.6 is 0 Å². The molecular weight excluding hydrogens is 368 g/mol. The molecule has 150 valence electrons. The number of fused-ring (bicyclic) bond motifs is 1. The third-order valence-corrected chi connectivity index (χ3v) is 5.20. The third-order valence-electron chi connectivity index (χ3n) is 5.20. The van der Waals surface area contributed by atoms with Gasteiger partial charge < -0.3 is 20.0 Å². The number of rotatable bonds is 2. The summed E-state index contributed by atoms with van der Waals surface area (Å²) < 4.78 is 0. The SMILES string of the molecule is CN(C)C(=O)N1CC=C(c2ccc(NC(=O)N3Cc4nccnc4C3)cc2)CC1. The second-order valence-electron chi connectivity index (χ2n) is 7.42. The van der Waals surface area contributed by atoms with E-state index in [2.05, 4.69) is 21.4 Å². The van der Waals surface area contributed by atoms with Gasteiger partial charge in [-0.15, -0.1) is 0 Å². The van der Waals surface area contributed by atoms with Crippen LogP contribution in [0.5, 0.6) is 0 Å². The summed E-state index contributed by atoms with van der Waals surface area (Å²) in [7, 11) is 3.53. The van der Waals surface area contributed by atoms with E-state index in [1.807, 2.05) is 29.2 Å². The average Bonchev–Trinajstić information content (AvgIpc) is 3.18. The van der Waals surface area contributed by atoms with Crippen LogP contribution in [0.25, 0.3) is 5.57 Å². The molecule has 4 rings (SSSR count). The van der Waals surface area contributed by atoms with E-state index in [0.29, 0.717) is 26.2 Å². The maximum atomic E-state index is 12.5. The first-order chi connectivity index (χ1) is 14.0. The Balaban J connectivity index is 1.35. The maximum Gasteiger partial charge on any atom is 0.322 e. The highest BCUT2D eigenvalue weighted by Crippen LogP contribution is 2.25. The lowest BCUT2D eigenvalue weighted by Gasteiger charge is -2.29. The standard InChI is InChI=1S/C21H24N6O2/c1-25(2)21(29)26-11-7-16(8-12-26)15-3-5-17(6-4-15)24-20(28)27-13-18-19(14-27)23-10-9-22-18/h3-7,9-10H,8,11-14H2,1-2H3,(H,24,28). The van der Waals surface area contributed by atoms with Crippen molar-refractivity contribution in [3.63, 3.8) is 0 Å². The number of nitrogens with one attached hydrogen (secondary N) is 1. The molecule has 2 aliphatic heterocycles. The lowest BCUT2D eigenvalue weighted by molar-refractivity contribution is 0.176. The van der Waals surface area contributed by atoms with Crippen LogP contribution in [0.1, 0.15) is 23.4 Å². The zero-order valence-corrected chi connectivity index (χ0v) is 16.6. The van der Waals surface area contributed by atoms with Crippen LogP contribution in [0, 0.1) is 0 Å². The number of hydrogen-bond acceptors (Lipinski definition) is 4. The minimum absolute atomic E-state index is 0.0350. The van der Waals surface area contributed by atoms with Gasteiger partial charge in [-0.3, -0.25) is 9.97 Å². The van der Waals surface area contributed by atoms with E-state index in [9.17, 15) is 9.59 Å². The van der Waals surface area contributed by atoms with Crippen molar-refractivity contribution in [2.75, 3.05) is 32.5 Å². The summed E-state index contributed by atoms with van der Waals surface area (Å²) in [5.74, 6) is 0. The van der Waals surface area contributed by atoms with E-state index >= 15 is 0 Å². The number of amides is 4. The van der Waals surface area contributed by atoms with Crippen LogP contribution in [0.2, 0.25) is 0 Å². The summed E-state index contributed by atoms with van der Waals surface area (Å²) in [5.41, 5.74) is 4.78. The number of carbonyl (C=O) groups is 2. The number of aromatic nitrogens is 2. The van der Waals surface area contributed by atoms with Gasteiger partial charge in [0.15, 0.2) is 0 Å². The average molecular weight is 392 g/mol. The molecule has 0 radical (unpaired) electrons. The van der Waals surface area contributed by atoms with E-state index in [4.69, 9.17) is 0 Å². The second kappa shape index (κ2) is 7.90. The molecule has 0 bridgehead atoms. The Morgan fingerprint density at radius 1 is 1.00 bits per heavy atom. The fourth-order valence-electron chi connectivity index (χ4n) is 3.58. The Hall–Kier alpha value is -3.42. The van der Waals surface area contributed by atoms with Gasteiger partial charge in [-0.1, -0.05) is 18.2 Å². The molecular formula is C21H24N6O2. The van der Waals surface area contributed by atoms with Crippen molar-refractivity contribution in [2.24, 2.45) is 0 Å². The summed E-state index contributed by atoms with van der Waals surface area (Å²) >= 11 is 0. The lowest BCUT2D eigenvalue weighted by atomic mass is 9.99. The van der Waals surface area contributed by atoms with Gasteiger partial charge in [-0.05, 0) is 29.7 Å². The van der Waals surface area contributed by atoms with Gasteiger partial charge in [0.1, 0.15) is 0 Å². The summed E-state index contributed by atoms with van der Waals surface area (Å²) in [6, 6.07) is 7.70. The van der Waals surface area contributed by atoms with Gasteiger partial charge in [0.05, 0.1) is 24.5 Å². The zero-order valence-electron chi connectivity index (χ0n) is 16.6. The van der Waals surface area contributed by atoms with Crippen LogP contribution in [0.15, 0.2) is 42.7 Å². The molecule has 8 nitrogen and oxygen atoms in total. The molecule has 0 aliphatic carbocycles. The third kappa shape index (κ3) is 4.06. The summed E-state index contributed by atoms with van der Waals surface area (Å²) in [4.78, 5) is 38.2. The van der Waals surface area contributed by atoms with Crippen molar-refractivity contribution in [1.29, 1.82) is 0 Å². The fraction of sp³-hybridized carbons (Fsp3) is 0.333. The number of carbonyl (C=O) groups excluding carboxylic acids is 2. The van der Waals surface area contributed by atoms with Crippen LogP contribution in [0.3, 0.4) is 0 Å². The highest BCUT2D eigenvalue weighted by Gasteiger charge is 2.25. The second-order valence-corrected chi connectivity index (χ2v) is 7.42. The lowest BCUT2D eigenvalue weighted by Crippen LogP contribution is -2.41. The van der Waals surface area contributed by atoms with Crippen molar-refractivity contribution < 1.29 is 9.59 Å². The van der Waals surface area contributed by atoms with Gasteiger partial charge in [0.25, 0.3) is 0 Å². The molecule has 0 unspecified atom stereocenters. The first-order valence-electron chi connectivity index (χ1n) is 9.61. The number of nitrogens with zero attached hydrogens (tertiary/aromatic N) is 5. The number of urea groups is 2. The van der Waals surface area contributed by atoms with Gasteiger partial charge in [-0.25, -0.2) is 9.59 Å². The van der Waals surface area contributed by atoms with Crippen molar-refractivity contribution >= 4 is 23.3 Å². The highest BCUT2D eigenvalue weighted by atomic mass is 16.2. The normalized spacial score (nSPS) is 15.6. The molecule has 29 heavy (non-hydrogen) atoms. The van der Waals surface area contributed by atoms with Crippen LogP contribution in [0.4, 0.5) is 15.3 Å². The monoisotopic (exact) mass is 392 g/mol. The molecule has 8 heteroatoms. The molecule has 0 fully saturated rings. The van der Waals surface area contributed by atoms with E-state index in [0.717, 1.165) is 29.1 Å². The molecule has 3 heterocycles. The number of benzene rings is 1. The summed E-state index contributed by atoms with van der Waals surface area (Å²) in [6.07, 6.45) is 6.21. The largest absolute Gasteiger partial charge is 0.331 e. The maximum absolute atomic E-state index is 12.5. The Morgan fingerprint density at radius 2 is 1.66 bits per heavy atom. The first-order valence-corrected chi connectivity index (χ1v) is 9.61. The molecule has 1 N–H and O–H groups in total. The predicted molar refractivity (Wildman–Crippen MR) is 110 cm³/mol. The molecule has 0 saturated carbocycles. The molecule has 0 saturated heterocycles. The minimum atomic E-state index is -0.160. The number of anilines is 1. The summed E-state index contributed by atoms with van der Waals surface area (Å²) in [5, 5.41) is 2.94. The molecule has 2 aromatic rings. The van der Waals surface area contributed by atoms with E-state index in [-0.39, 0.29) is 12.1 Å². The molecule has 0 atom stereocenters. The minimum Gasteiger partial charge on any atom is -0.331 e. The molecule has 2 aliphatic rings. The van der Waals surface area contributed by atoms with E-state index < -0.39 is 0 Å². The van der Waals surface area contributed by atoms with Gasteiger partial charge >= 0.3 is 12.1 Å². The van der Waals surface area contributed by atoms with Gasteiger partial charge in [-0.2, -0.15) is 0 Å². The van der Waals surface area contributed by atoms with Gasteiger partial charge in [0.2, 0.25) is 0 Å². The highest BCUT2D eigenvalue weighted by molar-refractivity contribution is 5.89. The number of hydrogen-bond donors (Lipinski definition) is 1. The van der Waals surface area contributed by atoms with Crippen LogP contribution in [-0.2, 0) is 13.1 Å². The first kappa shape index (κ1) is 18.9.